The molecule has 1 heterocycles. The molecule has 1 unspecified atom stereocenters. The van der Waals surface area contributed by atoms with Gasteiger partial charge in [0, 0.05) is 13.1 Å². The topological polar surface area (TPSA) is 40.5 Å². The third kappa shape index (κ3) is 3.31. The normalized spacial score (nSPS) is 36.8. The monoisotopic (exact) mass is 267 g/mol. The standard InChI is InChI=1S/C16H29NO2/c1-12(2)14-6-9-17(10-14)11-16(15(18)19)7-4-13(3)5-8-16/h12-14H,4-11H2,1-3H3,(H,18,19). The molecule has 0 aromatic heterocycles. The molecule has 0 radical (unpaired) electrons. The van der Waals surface area contributed by atoms with Crippen molar-refractivity contribution >= 4 is 5.97 Å². The number of hydrogen-bond donors (Lipinski definition) is 1. The van der Waals surface area contributed by atoms with E-state index in [0.717, 1.165) is 57.2 Å². The van der Waals surface area contributed by atoms with Crippen LogP contribution in [0.2, 0.25) is 0 Å². The number of nitrogens with zero attached hydrogens (tertiary/aromatic N) is 1. The van der Waals surface area contributed by atoms with Gasteiger partial charge in [0.05, 0.1) is 5.41 Å². The van der Waals surface area contributed by atoms with Crippen LogP contribution in [0.25, 0.3) is 0 Å². The van der Waals surface area contributed by atoms with Crippen LogP contribution in [0.3, 0.4) is 0 Å². The fourth-order valence-corrected chi connectivity index (χ4v) is 3.73. The van der Waals surface area contributed by atoms with Crippen molar-refractivity contribution in [3.05, 3.63) is 0 Å². The Kier molecular flexibility index (Phi) is 4.54. The summed E-state index contributed by atoms with van der Waals surface area (Å²) in [5.74, 6) is 1.62. The first-order valence-electron chi connectivity index (χ1n) is 7.89. The van der Waals surface area contributed by atoms with Crippen LogP contribution in [0.5, 0.6) is 0 Å². The molecule has 2 rings (SSSR count). The number of rotatable bonds is 4. The van der Waals surface area contributed by atoms with Crippen LogP contribution < -0.4 is 0 Å². The summed E-state index contributed by atoms with van der Waals surface area (Å²) >= 11 is 0. The molecule has 0 bridgehead atoms. The molecule has 1 saturated heterocycles. The van der Waals surface area contributed by atoms with E-state index in [1.165, 1.54) is 6.42 Å². The lowest BCUT2D eigenvalue weighted by molar-refractivity contribution is -0.153. The van der Waals surface area contributed by atoms with Gasteiger partial charge in [-0.25, -0.2) is 0 Å². The number of carboxylic acid groups (broad SMARTS) is 1. The number of carbonyl (C=O) groups is 1. The Balaban J connectivity index is 1.97. The first-order valence-corrected chi connectivity index (χ1v) is 7.89. The maximum atomic E-state index is 11.8. The van der Waals surface area contributed by atoms with Crippen molar-refractivity contribution in [1.29, 1.82) is 0 Å². The highest BCUT2D eigenvalue weighted by molar-refractivity contribution is 5.75. The van der Waals surface area contributed by atoms with E-state index < -0.39 is 11.4 Å². The van der Waals surface area contributed by atoms with Crippen LogP contribution >= 0.6 is 0 Å². The van der Waals surface area contributed by atoms with Gasteiger partial charge in [-0.05, 0) is 56.4 Å². The van der Waals surface area contributed by atoms with E-state index in [-0.39, 0.29) is 0 Å². The van der Waals surface area contributed by atoms with Gasteiger partial charge in [-0.2, -0.15) is 0 Å². The van der Waals surface area contributed by atoms with Gasteiger partial charge in [0.1, 0.15) is 0 Å². The summed E-state index contributed by atoms with van der Waals surface area (Å²) in [6.45, 7) is 9.78. The SMILES string of the molecule is CC1CCC(CN2CCC(C(C)C)C2)(C(=O)O)CC1. The average Bonchev–Trinajstić information content (AvgIpc) is 2.80. The van der Waals surface area contributed by atoms with E-state index in [1.807, 2.05) is 0 Å². The van der Waals surface area contributed by atoms with Crippen molar-refractivity contribution in [2.24, 2.45) is 23.2 Å². The molecule has 1 N–H and O–H groups in total. The quantitative estimate of drug-likeness (QED) is 0.850. The molecule has 2 aliphatic rings. The minimum atomic E-state index is -0.563. The Bertz CT molecular complexity index is 319. The number of hydrogen-bond acceptors (Lipinski definition) is 2. The van der Waals surface area contributed by atoms with Crippen molar-refractivity contribution in [2.75, 3.05) is 19.6 Å². The molecule has 0 amide bonds. The molecule has 0 aromatic carbocycles. The molecule has 1 saturated carbocycles. The third-order valence-electron chi connectivity index (χ3n) is 5.46. The Morgan fingerprint density at radius 2 is 1.95 bits per heavy atom. The van der Waals surface area contributed by atoms with Crippen molar-refractivity contribution in [1.82, 2.24) is 4.90 Å². The smallest absolute Gasteiger partial charge is 0.310 e. The van der Waals surface area contributed by atoms with Crippen molar-refractivity contribution in [2.45, 2.75) is 52.9 Å². The molecule has 2 fully saturated rings. The highest BCUT2D eigenvalue weighted by Gasteiger charge is 2.43. The van der Waals surface area contributed by atoms with Crippen molar-refractivity contribution in [3.8, 4) is 0 Å². The van der Waals surface area contributed by atoms with Gasteiger partial charge in [0.2, 0.25) is 0 Å². The minimum Gasteiger partial charge on any atom is -0.481 e. The van der Waals surface area contributed by atoms with Crippen LogP contribution in [0.15, 0.2) is 0 Å². The maximum Gasteiger partial charge on any atom is 0.310 e. The Labute approximate surface area is 117 Å². The van der Waals surface area contributed by atoms with Crippen LogP contribution in [0.4, 0.5) is 0 Å². The Morgan fingerprint density at radius 1 is 1.32 bits per heavy atom. The second kappa shape index (κ2) is 5.82. The zero-order valence-corrected chi connectivity index (χ0v) is 12.7. The summed E-state index contributed by atoms with van der Waals surface area (Å²) in [4.78, 5) is 14.2. The Hall–Kier alpha value is -0.570. The number of carboxylic acids is 1. The second-order valence-electron chi connectivity index (χ2n) is 7.30. The average molecular weight is 267 g/mol. The summed E-state index contributed by atoms with van der Waals surface area (Å²) in [5.41, 5.74) is -0.460. The van der Waals surface area contributed by atoms with E-state index >= 15 is 0 Å². The molecule has 3 heteroatoms. The van der Waals surface area contributed by atoms with Gasteiger partial charge in [-0.1, -0.05) is 20.8 Å². The van der Waals surface area contributed by atoms with E-state index in [9.17, 15) is 9.90 Å². The molecule has 3 nitrogen and oxygen atoms in total. The summed E-state index contributed by atoms with van der Waals surface area (Å²) in [5, 5.41) is 9.68. The van der Waals surface area contributed by atoms with Crippen molar-refractivity contribution < 1.29 is 9.90 Å². The predicted molar refractivity (Wildman–Crippen MR) is 77.1 cm³/mol. The van der Waals surface area contributed by atoms with Gasteiger partial charge in [-0.3, -0.25) is 4.79 Å². The lowest BCUT2D eigenvalue weighted by atomic mass is 9.70. The third-order valence-corrected chi connectivity index (χ3v) is 5.46. The van der Waals surface area contributed by atoms with Gasteiger partial charge in [-0.15, -0.1) is 0 Å². The number of aliphatic carboxylic acids is 1. The van der Waals surface area contributed by atoms with Gasteiger partial charge in [0.15, 0.2) is 0 Å². The highest BCUT2D eigenvalue weighted by atomic mass is 16.4. The van der Waals surface area contributed by atoms with Gasteiger partial charge < -0.3 is 10.0 Å². The summed E-state index contributed by atoms with van der Waals surface area (Å²) in [6, 6.07) is 0. The highest BCUT2D eigenvalue weighted by Crippen LogP contribution is 2.41. The minimum absolute atomic E-state index is 0.460. The zero-order chi connectivity index (χ0) is 14.0. The van der Waals surface area contributed by atoms with Crippen LogP contribution in [-0.2, 0) is 4.79 Å². The fourth-order valence-electron chi connectivity index (χ4n) is 3.73. The maximum absolute atomic E-state index is 11.8. The lowest BCUT2D eigenvalue weighted by Gasteiger charge is -2.38. The van der Waals surface area contributed by atoms with E-state index in [0.29, 0.717) is 5.92 Å². The zero-order valence-electron chi connectivity index (χ0n) is 12.7. The molecule has 1 atom stereocenters. The molecule has 1 aliphatic carbocycles. The molecule has 0 aromatic rings. The fraction of sp³-hybridized carbons (Fsp3) is 0.938. The van der Waals surface area contributed by atoms with Gasteiger partial charge >= 0.3 is 5.97 Å². The van der Waals surface area contributed by atoms with Crippen molar-refractivity contribution in [3.63, 3.8) is 0 Å². The summed E-state index contributed by atoms with van der Waals surface area (Å²) in [6.07, 6.45) is 5.13. The molecule has 19 heavy (non-hydrogen) atoms. The van der Waals surface area contributed by atoms with Crippen LogP contribution in [0, 0.1) is 23.2 Å². The van der Waals surface area contributed by atoms with E-state index in [2.05, 4.69) is 25.7 Å². The predicted octanol–water partition coefficient (Wildman–Crippen LogP) is 3.25. The van der Waals surface area contributed by atoms with E-state index in [4.69, 9.17) is 0 Å². The number of likely N-dealkylation sites (tertiary alicyclic amines) is 1. The van der Waals surface area contributed by atoms with E-state index in [1.54, 1.807) is 0 Å². The summed E-state index contributed by atoms with van der Waals surface area (Å²) < 4.78 is 0. The van der Waals surface area contributed by atoms with Gasteiger partial charge in [0.25, 0.3) is 0 Å². The molecule has 1 aliphatic heterocycles. The van der Waals surface area contributed by atoms with Crippen LogP contribution in [0.1, 0.15) is 52.9 Å². The largest absolute Gasteiger partial charge is 0.481 e. The first-order chi connectivity index (χ1) is 8.93. The summed E-state index contributed by atoms with van der Waals surface area (Å²) in [7, 11) is 0. The second-order valence-corrected chi connectivity index (χ2v) is 7.30. The molecule has 0 spiro atoms. The molecule has 110 valence electrons. The molecular weight excluding hydrogens is 238 g/mol. The lowest BCUT2D eigenvalue weighted by Crippen LogP contribution is -2.44. The first kappa shape index (κ1) is 14.8. The Morgan fingerprint density at radius 3 is 2.42 bits per heavy atom. The molecular formula is C16H29NO2. The van der Waals surface area contributed by atoms with Crippen LogP contribution in [-0.4, -0.2) is 35.6 Å².